The van der Waals surface area contributed by atoms with Crippen molar-refractivity contribution in [2.45, 2.75) is 45.1 Å². The Kier molecular flexibility index (Phi) is 2.19. The van der Waals surface area contributed by atoms with Crippen molar-refractivity contribution in [2.24, 2.45) is 5.92 Å². The first-order chi connectivity index (χ1) is 7.38. The quantitative estimate of drug-likeness (QED) is 0.773. The summed E-state index contributed by atoms with van der Waals surface area (Å²) in [6.07, 6.45) is 6.65. The van der Waals surface area contributed by atoms with E-state index in [0.29, 0.717) is 0 Å². The number of rotatable bonds is 2. The molecule has 1 unspecified atom stereocenters. The molecule has 15 heavy (non-hydrogen) atoms. The minimum absolute atomic E-state index is 0.769. The summed E-state index contributed by atoms with van der Waals surface area (Å²) < 4.78 is 0. The van der Waals surface area contributed by atoms with Crippen molar-refractivity contribution in [1.82, 2.24) is 0 Å². The molecule has 2 aliphatic rings. The van der Waals surface area contributed by atoms with E-state index in [9.17, 15) is 0 Å². The third-order valence-electron chi connectivity index (χ3n) is 3.86. The highest BCUT2D eigenvalue weighted by atomic mass is 15.0. The van der Waals surface area contributed by atoms with Crippen molar-refractivity contribution >= 4 is 5.69 Å². The molecule has 1 aromatic rings. The summed E-state index contributed by atoms with van der Waals surface area (Å²) >= 11 is 0. The van der Waals surface area contributed by atoms with Crippen molar-refractivity contribution < 1.29 is 0 Å². The lowest BCUT2D eigenvalue weighted by Gasteiger charge is -2.29. The summed E-state index contributed by atoms with van der Waals surface area (Å²) in [6, 6.07) is 7.52. The van der Waals surface area contributed by atoms with Crippen LogP contribution in [-0.2, 0) is 12.8 Å². The molecule has 0 spiro atoms. The van der Waals surface area contributed by atoms with Crippen molar-refractivity contribution in [2.75, 3.05) is 5.32 Å². The van der Waals surface area contributed by atoms with Gasteiger partial charge in [0.1, 0.15) is 0 Å². The molecule has 1 heterocycles. The fourth-order valence-electron chi connectivity index (χ4n) is 2.76. The molecule has 1 N–H and O–H groups in total. The summed E-state index contributed by atoms with van der Waals surface area (Å²) in [5, 5.41) is 3.78. The van der Waals surface area contributed by atoms with E-state index in [4.69, 9.17) is 0 Å². The first-order valence-electron chi connectivity index (χ1n) is 6.25. The number of benzene rings is 1. The van der Waals surface area contributed by atoms with Crippen LogP contribution in [0.4, 0.5) is 5.69 Å². The van der Waals surface area contributed by atoms with Gasteiger partial charge in [0.2, 0.25) is 0 Å². The van der Waals surface area contributed by atoms with Gasteiger partial charge in [-0.3, -0.25) is 0 Å². The van der Waals surface area contributed by atoms with Gasteiger partial charge in [0, 0.05) is 11.7 Å². The number of hydrogen-bond acceptors (Lipinski definition) is 1. The van der Waals surface area contributed by atoms with Gasteiger partial charge in [0.05, 0.1) is 0 Å². The summed E-state index contributed by atoms with van der Waals surface area (Å²) in [6.45, 7) is 2.25. The van der Waals surface area contributed by atoms with E-state index in [1.165, 1.54) is 42.5 Å². The van der Waals surface area contributed by atoms with E-state index < -0.39 is 0 Å². The summed E-state index contributed by atoms with van der Waals surface area (Å²) in [5.41, 5.74) is 4.49. The Morgan fingerprint density at radius 3 is 2.87 bits per heavy atom. The second kappa shape index (κ2) is 3.55. The van der Waals surface area contributed by atoms with E-state index in [2.05, 4.69) is 30.4 Å². The minimum atomic E-state index is 0.769. The van der Waals surface area contributed by atoms with Crippen LogP contribution in [-0.4, -0.2) is 6.04 Å². The predicted octanol–water partition coefficient (Wildman–Crippen LogP) is 3.39. The van der Waals surface area contributed by atoms with Gasteiger partial charge in [-0.1, -0.05) is 25.1 Å². The highest BCUT2D eigenvalue weighted by Gasteiger charge is 2.33. The van der Waals surface area contributed by atoms with Crippen molar-refractivity contribution in [3.63, 3.8) is 0 Å². The zero-order chi connectivity index (χ0) is 10.3. The smallest absolute Gasteiger partial charge is 0.0407 e. The molecule has 1 saturated carbocycles. The molecular weight excluding hydrogens is 182 g/mol. The molecule has 0 aromatic heterocycles. The van der Waals surface area contributed by atoms with Gasteiger partial charge < -0.3 is 5.32 Å². The molecule has 0 radical (unpaired) electrons. The molecule has 0 saturated heterocycles. The third kappa shape index (κ3) is 1.64. The Morgan fingerprint density at radius 1 is 1.27 bits per heavy atom. The van der Waals surface area contributed by atoms with E-state index in [1.807, 2.05) is 0 Å². The summed E-state index contributed by atoms with van der Waals surface area (Å²) in [4.78, 5) is 0. The molecule has 1 aliphatic heterocycles. The molecule has 3 rings (SSSR count). The monoisotopic (exact) mass is 201 g/mol. The van der Waals surface area contributed by atoms with Gasteiger partial charge >= 0.3 is 0 Å². The van der Waals surface area contributed by atoms with Gasteiger partial charge in [0.15, 0.2) is 0 Å². The van der Waals surface area contributed by atoms with Crippen LogP contribution < -0.4 is 5.32 Å². The van der Waals surface area contributed by atoms with Gasteiger partial charge in [-0.2, -0.15) is 0 Å². The van der Waals surface area contributed by atoms with E-state index >= 15 is 0 Å². The van der Waals surface area contributed by atoms with Crippen molar-refractivity contribution in [3.8, 4) is 0 Å². The van der Waals surface area contributed by atoms with E-state index in [0.717, 1.165) is 18.4 Å². The molecule has 0 bridgehead atoms. The Hall–Kier alpha value is -0.980. The number of para-hydroxylation sites is 1. The van der Waals surface area contributed by atoms with Gasteiger partial charge in [-0.15, -0.1) is 0 Å². The molecule has 1 heteroatoms. The number of anilines is 1. The molecule has 1 fully saturated rings. The van der Waals surface area contributed by atoms with Crippen LogP contribution in [0.3, 0.4) is 0 Å². The number of aryl methyl sites for hydroxylation is 2. The first kappa shape index (κ1) is 9.26. The molecule has 1 nitrogen and oxygen atoms in total. The van der Waals surface area contributed by atoms with Crippen LogP contribution >= 0.6 is 0 Å². The molecule has 1 aromatic carbocycles. The Labute approximate surface area is 91.9 Å². The van der Waals surface area contributed by atoms with Crippen LogP contribution in [0.15, 0.2) is 18.2 Å². The van der Waals surface area contributed by atoms with Crippen LogP contribution in [0.25, 0.3) is 0 Å². The van der Waals surface area contributed by atoms with Crippen LogP contribution in [0.1, 0.15) is 37.3 Å². The van der Waals surface area contributed by atoms with Crippen molar-refractivity contribution in [3.05, 3.63) is 29.3 Å². The van der Waals surface area contributed by atoms with Gasteiger partial charge in [-0.05, 0) is 49.1 Å². The average Bonchev–Trinajstić information content (AvgIpc) is 3.11. The summed E-state index contributed by atoms with van der Waals surface area (Å²) in [7, 11) is 0. The zero-order valence-electron chi connectivity index (χ0n) is 9.42. The van der Waals surface area contributed by atoms with Crippen LogP contribution in [0.5, 0.6) is 0 Å². The fourth-order valence-corrected chi connectivity index (χ4v) is 2.76. The third-order valence-corrected chi connectivity index (χ3v) is 3.86. The maximum Gasteiger partial charge on any atom is 0.0407 e. The highest BCUT2D eigenvalue weighted by molar-refractivity contribution is 5.60. The molecule has 80 valence electrons. The summed E-state index contributed by atoms with van der Waals surface area (Å²) in [5.74, 6) is 0.975. The van der Waals surface area contributed by atoms with Gasteiger partial charge in [0.25, 0.3) is 0 Å². The lowest BCUT2D eigenvalue weighted by atomic mass is 9.92. The fraction of sp³-hybridized carbons (Fsp3) is 0.571. The number of nitrogens with one attached hydrogen (secondary N) is 1. The lowest BCUT2D eigenvalue weighted by molar-refractivity contribution is 0.568. The second-order valence-corrected chi connectivity index (χ2v) is 4.93. The molecule has 0 amide bonds. The minimum Gasteiger partial charge on any atom is -0.382 e. The van der Waals surface area contributed by atoms with E-state index in [1.54, 1.807) is 0 Å². The van der Waals surface area contributed by atoms with Crippen molar-refractivity contribution in [1.29, 1.82) is 0 Å². The number of fused-ring (bicyclic) bond motifs is 1. The molecular formula is C14H19N. The average molecular weight is 201 g/mol. The maximum absolute atomic E-state index is 3.78. The SMILES string of the molecule is CCc1cccc2c1NC(C1CC1)CC2. The van der Waals surface area contributed by atoms with Crippen LogP contribution in [0, 0.1) is 5.92 Å². The largest absolute Gasteiger partial charge is 0.382 e. The first-order valence-corrected chi connectivity index (χ1v) is 6.25. The normalized spacial score (nSPS) is 24.5. The lowest BCUT2D eigenvalue weighted by Crippen LogP contribution is -2.28. The zero-order valence-corrected chi connectivity index (χ0v) is 9.42. The Bertz CT molecular complexity index is 351. The van der Waals surface area contributed by atoms with Crippen LogP contribution in [0.2, 0.25) is 0 Å². The topological polar surface area (TPSA) is 12.0 Å². The van der Waals surface area contributed by atoms with E-state index in [-0.39, 0.29) is 0 Å². The predicted molar refractivity (Wildman–Crippen MR) is 64.3 cm³/mol. The Morgan fingerprint density at radius 2 is 2.13 bits per heavy atom. The standard InChI is InChI=1S/C14H19N/c1-2-10-4-3-5-12-8-9-13(11-6-7-11)15-14(10)12/h3-5,11,13,15H,2,6-9H2,1H3. The molecule has 1 atom stereocenters. The highest BCUT2D eigenvalue weighted by Crippen LogP contribution is 2.40. The maximum atomic E-state index is 3.78. The van der Waals surface area contributed by atoms with Gasteiger partial charge in [-0.25, -0.2) is 0 Å². The Balaban J connectivity index is 1.91. The second-order valence-electron chi connectivity index (χ2n) is 4.93. The number of hydrogen-bond donors (Lipinski definition) is 1. The molecule has 1 aliphatic carbocycles.